The second kappa shape index (κ2) is 3.59. The molecule has 2 N–H and O–H groups in total. The Kier molecular flexibility index (Phi) is 2.19. The van der Waals surface area contributed by atoms with Crippen molar-refractivity contribution in [3.05, 3.63) is 42.2 Å². The van der Waals surface area contributed by atoms with E-state index in [4.69, 9.17) is 0 Å². The fourth-order valence-electron chi connectivity index (χ4n) is 2.10. The highest BCUT2D eigenvalue weighted by molar-refractivity contribution is 7.91. The van der Waals surface area contributed by atoms with Crippen molar-refractivity contribution in [3.8, 4) is 0 Å². The second-order valence-electron chi connectivity index (χ2n) is 4.00. The van der Waals surface area contributed by atoms with E-state index < -0.39 is 9.84 Å². The number of aromatic amines is 1. The third-order valence-corrected chi connectivity index (χ3v) is 4.67. The summed E-state index contributed by atoms with van der Waals surface area (Å²) in [5, 5.41) is 9.67. The summed E-state index contributed by atoms with van der Waals surface area (Å²) in [5.74, 6) is 0.0948. The molecule has 0 amide bonds. The van der Waals surface area contributed by atoms with Gasteiger partial charge in [0.1, 0.15) is 0 Å². The number of fused-ring (bicyclic) bond motifs is 1. The van der Waals surface area contributed by atoms with Crippen LogP contribution < -0.4 is 5.32 Å². The topological polar surface area (TPSA) is 74.8 Å². The largest absolute Gasteiger partial charge is 0.375 e. The Morgan fingerprint density at radius 1 is 1.35 bits per heavy atom. The van der Waals surface area contributed by atoms with E-state index in [1.54, 1.807) is 24.5 Å². The zero-order chi connectivity index (χ0) is 11.9. The van der Waals surface area contributed by atoms with E-state index in [1.807, 2.05) is 12.1 Å². The standard InChI is InChI=1S/C11H11N3O2S/c15-17(16)7-10(14-8-5-12-13-6-8)9-3-1-2-4-11(9)17/h1-6,10,14H,7H2,(H,12,13). The van der Waals surface area contributed by atoms with Crippen molar-refractivity contribution in [2.45, 2.75) is 10.9 Å². The average molecular weight is 249 g/mol. The van der Waals surface area contributed by atoms with Crippen molar-refractivity contribution in [1.29, 1.82) is 0 Å². The number of rotatable bonds is 2. The van der Waals surface area contributed by atoms with Gasteiger partial charge < -0.3 is 5.32 Å². The Balaban J connectivity index is 2.00. The molecule has 1 aliphatic heterocycles. The maximum absolute atomic E-state index is 11.9. The third kappa shape index (κ3) is 1.70. The molecule has 3 rings (SSSR count). The quantitative estimate of drug-likeness (QED) is 0.842. The molecule has 0 saturated heterocycles. The Morgan fingerprint density at radius 3 is 2.94 bits per heavy atom. The van der Waals surface area contributed by atoms with Gasteiger partial charge in [0.2, 0.25) is 0 Å². The summed E-state index contributed by atoms with van der Waals surface area (Å²) in [6, 6.07) is 6.90. The van der Waals surface area contributed by atoms with Gasteiger partial charge in [0.05, 0.1) is 28.6 Å². The molecule has 0 bridgehead atoms. The minimum absolute atomic E-state index is 0.0948. The van der Waals surface area contributed by atoms with Gasteiger partial charge >= 0.3 is 0 Å². The number of sulfone groups is 1. The molecule has 1 aromatic carbocycles. The maximum atomic E-state index is 11.9. The Hall–Kier alpha value is -1.82. The number of nitrogens with one attached hydrogen (secondary N) is 2. The van der Waals surface area contributed by atoms with E-state index in [0.29, 0.717) is 4.90 Å². The monoisotopic (exact) mass is 249 g/mol. The van der Waals surface area contributed by atoms with Gasteiger partial charge in [-0.2, -0.15) is 5.10 Å². The molecule has 2 heterocycles. The van der Waals surface area contributed by atoms with Crippen LogP contribution in [0.1, 0.15) is 11.6 Å². The molecule has 0 aliphatic carbocycles. The van der Waals surface area contributed by atoms with Crippen molar-refractivity contribution in [1.82, 2.24) is 10.2 Å². The number of anilines is 1. The van der Waals surface area contributed by atoms with E-state index in [2.05, 4.69) is 15.5 Å². The lowest BCUT2D eigenvalue weighted by molar-refractivity contribution is 0.598. The molecule has 1 unspecified atom stereocenters. The van der Waals surface area contributed by atoms with E-state index in [0.717, 1.165) is 11.3 Å². The van der Waals surface area contributed by atoms with Crippen LogP contribution in [0, 0.1) is 0 Å². The number of nitrogens with zero attached hydrogens (tertiary/aromatic N) is 1. The number of aromatic nitrogens is 2. The zero-order valence-corrected chi connectivity index (χ0v) is 9.74. The predicted molar refractivity (Wildman–Crippen MR) is 63.4 cm³/mol. The Morgan fingerprint density at radius 2 is 2.18 bits per heavy atom. The lowest BCUT2D eigenvalue weighted by Gasteiger charge is -2.11. The van der Waals surface area contributed by atoms with Crippen molar-refractivity contribution in [2.75, 3.05) is 11.1 Å². The number of benzene rings is 1. The lowest BCUT2D eigenvalue weighted by atomic mass is 10.1. The summed E-state index contributed by atoms with van der Waals surface area (Å²) in [6.45, 7) is 0. The molecule has 17 heavy (non-hydrogen) atoms. The van der Waals surface area contributed by atoms with Crippen LogP contribution in [0.3, 0.4) is 0 Å². The van der Waals surface area contributed by atoms with E-state index in [1.165, 1.54) is 0 Å². The van der Waals surface area contributed by atoms with Gasteiger partial charge in [0.15, 0.2) is 9.84 Å². The summed E-state index contributed by atoms with van der Waals surface area (Å²) < 4.78 is 23.9. The third-order valence-electron chi connectivity index (χ3n) is 2.85. The molecule has 2 aromatic rings. The first kappa shape index (κ1) is 10.3. The normalized spacial score (nSPS) is 21.1. The Bertz CT molecular complexity index is 634. The molecule has 1 aliphatic rings. The molecule has 0 spiro atoms. The lowest BCUT2D eigenvalue weighted by Crippen LogP contribution is -2.12. The summed E-state index contributed by atoms with van der Waals surface area (Å²) in [6.07, 6.45) is 3.33. The highest BCUT2D eigenvalue weighted by Gasteiger charge is 2.34. The number of H-pyrrole nitrogens is 1. The molecular weight excluding hydrogens is 238 g/mol. The molecule has 0 saturated carbocycles. The van der Waals surface area contributed by atoms with Crippen LogP contribution in [-0.4, -0.2) is 24.4 Å². The number of hydrogen-bond acceptors (Lipinski definition) is 4. The van der Waals surface area contributed by atoms with Crippen molar-refractivity contribution >= 4 is 15.5 Å². The van der Waals surface area contributed by atoms with Crippen LogP contribution in [-0.2, 0) is 9.84 Å². The molecule has 6 heteroatoms. The van der Waals surface area contributed by atoms with Gasteiger partial charge in [0.25, 0.3) is 0 Å². The molecule has 1 aromatic heterocycles. The van der Waals surface area contributed by atoms with Crippen LogP contribution in [0.5, 0.6) is 0 Å². The molecule has 5 nitrogen and oxygen atoms in total. The van der Waals surface area contributed by atoms with Crippen molar-refractivity contribution in [3.63, 3.8) is 0 Å². The van der Waals surface area contributed by atoms with Gasteiger partial charge in [-0.05, 0) is 11.6 Å². The molecule has 0 fully saturated rings. The van der Waals surface area contributed by atoms with Crippen molar-refractivity contribution < 1.29 is 8.42 Å². The van der Waals surface area contributed by atoms with Crippen LogP contribution in [0.25, 0.3) is 0 Å². The van der Waals surface area contributed by atoms with Crippen LogP contribution in [0.15, 0.2) is 41.6 Å². The fraction of sp³-hybridized carbons (Fsp3) is 0.182. The summed E-state index contributed by atoms with van der Waals surface area (Å²) in [7, 11) is -3.15. The van der Waals surface area contributed by atoms with E-state index in [-0.39, 0.29) is 11.8 Å². The molecular formula is C11H11N3O2S. The number of hydrogen-bond donors (Lipinski definition) is 2. The smallest absolute Gasteiger partial charge is 0.181 e. The maximum Gasteiger partial charge on any atom is 0.181 e. The Labute approximate surface area is 98.8 Å². The first-order valence-corrected chi connectivity index (χ1v) is 6.89. The van der Waals surface area contributed by atoms with Gasteiger partial charge in [-0.3, -0.25) is 5.10 Å². The summed E-state index contributed by atoms with van der Waals surface area (Å²) in [4.78, 5) is 0.431. The van der Waals surface area contributed by atoms with Crippen molar-refractivity contribution in [2.24, 2.45) is 0 Å². The molecule has 0 radical (unpaired) electrons. The highest BCUT2D eigenvalue weighted by Crippen LogP contribution is 2.34. The minimum atomic E-state index is -3.15. The predicted octanol–water partition coefficient (Wildman–Crippen LogP) is 1.35. The van der Waals surface area contributed by atoms with Crippen LogP contribution in [0.4, 0.5) is 5.69 Å². The van der Waals surface area contributed by atoms with Gasteiger partial charge in [-0.1, -0.05) is 18.2 Å². The molecule has 88 valence electrons. The fourth-order valence-corrected chi connectivity index (χ4v) is 3.84. The van der Waals surface area contributed by atoms with Gasteiger partial charge in [0, 0.05) is 6.20 Å². The van der Waals surface area contributed by atoms with E-state index in [9.17, 15) is 8.42 Å². The molecule has 1 atom stereocenters. The first-order chi connectivity index (χ1) is 8.17. The first-order valence-electron chi connectivity index (χ1n) is 5.24. The summed E-state index contributed by atoms with van der Waals surface area (Å²) in [5.41, 5.74) is 1.62. The van der Waals surface area contributed by atoms with Crippen LogP contribution >= 0.6 is 0 Å². The van der Waals surface area contributed by atoms with E-state index >= 15 is 0 Å². The average Bonchev–Trinajstić information content (AvgIpc) is 2.88. The summed E-state index contributed by atoms with van der Waals surface area (Å²) >= 11 is 0. The zero-order valence-electron chi connectivity index (χ0n) is 8.92. The minimum Gasteiger partial charge on any atom is -0.375 e. The van der Waals surface area contributed by atoms with Gasteiger partial charge in [-0.15, -0.1) is 0 Å². The van der Waals surface area contributed by atoms with Crippen LogP contribution in [0.2, 0.25) is 0 Å². The SMILES string of the molecule is O=S1(=O)CC(Nc2cn[nH]c2)c2ccccc21. The van der Waals surface area contributed by atoms with Gasteiger partial charge in [-0.25, -0.2) is 8.42 Å². The second-order valence-corrected chi connectivity index (χ2v) is 6.01. The highest BCUT2D eigenvalue weighted by atomic mass is 32.2.